The van der Waals surface area contributed by atoms with E-state index in [1.54, 1.807) is 0 Å². The number of hydrogen-bond donors (Lipinski definition) is 0. The number of thiophene rings is 1. The van der Waals surface area contributed by atoms with E-state index in [0.29, 0.717) is 0 Å². The quantitative estimate of drug-likeness (QED) is 0.157. The summed E-state index contributed by atoms with van der Waals surface area (Å²) in [4.78, 5) is 8.17. The Labute approximate surface area is 211 Å². The molecule has 0 saturated carbocycles. The van der Waals surface area contributed by atoms with Gasteiger partial charge in [0.15, 0.2) is 0 Å². The van der Waals surface area contributed by atoms with Gasteiger partial charge in [-0.05, 0) is 0 Å². The number of hydrogen-bond acceptors (Lipinski definition) is 3. The fourth-order valence-corrected chi connectivity index (χ4v) is 8.38. The maximum atomic E-state index is 5.92. The Kier molecular flexibility index (Phi) is 6.45. The van der Waals surface area contributed by atoms with Gasteiger partial charge in [-0.25, -0.2) is 0 Å². The summed E-state index contributed by atoms with van der Waals surface area (Å²) in [7, 11) is 8.47. The zero-order valence-electron chi connectivity index (χ0n) is 19.7. The number of piperidine rings is 1. The third-order valence-corrected chi connectivity index (χ3v) is 10.5. The van der Waals surface area contributed by atoms with Crippen LogP contribution in [0.5, 0.6) is 0 Å². The minimum absolute atomic E-state index is 0.273. The number of thiocarbonyl (C=S) groups is 1. The summed E-state index contributed by atoms with van der Waals surface area (Å²) >= 11 is 8.05. The van der Waals surface area contributed by atoms with E-state index in [1.807, 2.05) is 11.3 Å². The third-order valence-electron chi connectivity index (χ3n) is 6.43. The number of benzene rings is 2. The molecule has 1 saturated heterocycles. The Hall–Kier alpha value is -1.98. The van der Waals surface area contributed by atoms with Crippen LogP contribution in [0.15, 0.2) is 48.5 Å². The minimum atomic E-state index is 0.273. The van der Waals surface area contributed by atoms with Gasteiger partial charge in [0.05, 0.1) is 0 Å². The Balaban J connectivity index is 1.70. The van der Waals surface area contributed by atoms with Crippen LogP contribution in [0.2, 0.25) is 0 Å². The van der Waals surface area contributed by atoms with Crippen LogP contribution < -0.4 is 14.8 Å². The molecule has 1 aliphatic carbocycles. The zero-order valence-corrected chi connectivity index (χ0v) is 23.1. The Bertz CT molecular complexity index is 1370. The summed E-state index contributed by atoms with van der Waals surface area (Å²) in [5.41, 5.74) is 4.00. The molecule has 2 aromatic rings. The van der Waals surface area contributed by atoms with Crippen LogP contribution in [0.1, 0.15) is 24.1 Å². The van der Waals surface area contributed by atoms with E-state index in [0.717, 1.165) is 18.1 Å². The maximum absolute atomic E-state index is 5.92. The van der Waals surface area contributed by atoms with Gasteiger partial charge in [-0.3, -0.25) is 0 Å². The molecule has 33 heavy (non-hydrogen) atoms. The van der Waals surface area contributed by atoms with Gasteiger partial charge < -0.3 is 0 Å². The fraction of sp³-hybridized carbons (Fsp3) is 0.333. The standard InChI is InChI=1S/C27H30N3S2Se/c1-28(2)18-8-10-20-24(16-18)33-25-17-19(29(3)4)9-11-21(25)26(20)22-12-13-23(32-22)27(31)30-14-6-5-7-15-30/h8-13,16-17H,5-7,14-15H2,1-4H3/q+1. The zero-order chi connectivity index (χ0) is 23.1. The predicted molar refractivity (Wildman–Crippen MR) is 149 cm³/mol. The molecule has 0 atom stereocenters. The first-order valence-electron chi connectivity index (χ1n) is 11.5. The van der Waals surface area contributed by atoms with E-state index in [-0.39, 0.29) is 14.5 Å². The first kappa shape index (κ1) is 22.8. The summed E-state index contributed by atoms with van der Waals surface area (Å²) in [5, 5.41) is 2.64. The molecule has 1 aromatic carbocycles. The van der Waals surface area contributed by atoms with Crippen LogP contribution in [0.4, 0.5) is 5.69 Å². The van der Waals surface area contributed by atoms with Crippen LogP contribution in [0.3, 0.4) is 0 Å². The van der Waals surface area contributed by atoms with E-state index in [2.05, 4.69) is 91.1 Å². The van der Waals surface area contributed by atoms with Crippen LogP contribution in [-0.2, 0) is 0 Å². The number of likely N-dealkylation sites (tertiary alicyclic amines) is 1. The summed E-state index contributed by atoms with van der Waals surface area (Å²) in [6.45, 7) is 2.19. The molecule has 3 aliphatic rings. The summed E-state index contributed by atoms with van der Waals surface area (Å²) in [5.74, 6) is 0. The number of rotatable bonds is 3. The van der Waals surface area contributed by atoms with Crippen molar-refractivity contribution in [2.75, 3.05) is 46.2 Å². The average molecular weight is 540 g/mol. The Morgan fingerprint density at radius 2 is 1.79 bits per heavy atom. The van der Waals surface area contributed by atoms with Crippen molar-refractivity contribution in [3.63, 3.8) is 0 Å². The van der Waals surface area contributed by atoms with E-state index >= 15 is 0 Å². The molecule has 3 nitrogen and oxygen atoms in total. The van der Waals surface area contributed by atoms with Crippen LogP contribution in [-0.4, -0.2) is 65.7 Å². The van der Waals surface area contributed by atoms with Crippen molar-refractivity contribution in [1.29, 1.82) is 0 Å². The van der Waals surface area contributed by atoms with E-state index in [4.69, 9.17) is 12.2 Å². The Morgan fingerprint density at radius 3 is 2.52 bits per heavy atom. The molecular formula is C27H30N3S2Se+. The van der Waals surface area contributed by atoms with E-state index < -0.39 is 0 Å². The van der Waals surface area contributed by atoms with Crippen molar-refractivity contribution in [1.82, 2.24) is 9.48 Å². The molecule has 0 amide bonds. The molecule has 6 heteroatoms. The molecule has 0 bridgehead atoms. The van der Waals surface area contributed by atoms with Gasteiger partial charge in [0.2, 0.25) is 0 Å². The molecular weight excluding hydrogens is 509 g/mol. The van der Waals surface area contributed by atoms with Crippen molar-refractivity contribution >= 4 is 58.4 Å². The van der Waals surface area contributed by atoms with Crippen LogP contribution in [0, 0.1) is 0 Å². The van der Waals surface area contributed by atoms with Crippen molar-refractivity contribution in [2.45, 2.75) is 19.3 Å². The molecule has 0 unspecified atom stereocenters. The molecule has 0 spiro atoms. The molecule has 0 N–H and O–H groups in total. The van der Waals surface area contributed by atoms with Gasteiger partial charge in [0, 0.05) is 0 Å². The topological polar surface area (TPSA) is 9.49 Å². The fourth-order valence-electron chi connectivity index (χ4n) is 4.53. The second-order valence-electron chi connectivity index (χ2n) is 9.14. The van der Waals surface area contributed by atoms with Crippen molar-refractivity contribution in [3.05, 3.63) is 58.8 Å². The van der Waals surface area contributed by atoms with E-state index in [1.165, 1.54) is 65.3 Å². The number of fused-ring (bicyclic) bond motifs is 2. The first-order valence-corrected chi connectivity index (χ1v) is 14.4. The molecule has 2 aliphatic heterocycles. The molecule has 1 fully saturated rings. The molecule has 5 rings (SSSR count). The predicted octanol–water partition coefficient (Wildman–Crippen LogP) is 4.99. The van der Waals surface area contributed by atoms with Crippen LogP contribution in [0.25, 0.3) is 30.1 Å². The van der Waals surface area contributed by atoms with Gasteiger partial charge >= 0.3 is 213 Å². The number of nitrogens with zero attached hydrogens (tertiary/aromatic N) is 3. The monoisotopic (exact) mass is 540 g/mol. The van der Waals surface area contributed by atoms with Gasteiger partial charge in [-0.1, -0.05) is 0 Å². The van der Waals surface area contributed by atoms with Gasteiger partial charge in [-0.15, -0.1) is 0 Å². The number of anilines is 1. The second-order valence-corrected chi connectivity index (χ2v) is 12.9. The van der Waals surface area contributed by atoms with Gasteiger partial charge in [0.25, 0.3) is 0 Å². The Morgan fingerprint density at radius 1 is 1.00 bits per heavy atom. The summed E-state index contributed by atoms with van der Waals surface area (Å²) < 4.78 is 5.11. The second kappa shape index (κ2) is 9.34. The molecule has 170 valence electrons. The third kappa shape index (κ3) is 4.42. The van der Waals surface area contributed by atoms with Gasteiger partial charge in [-0.2, -0.15) is 0 Å². The van der Waals surface area contributed by atoms with Crippen molar-refractivity contribution in [3.8, 4) is 20.4 Å². The molecule has 0 radical (unpaired) electrons. The molecule has 3 heterocycles. The average Bonchev–Trinajstić information content (AvgIpc) is 3.31. The summed E-state index contributed by atoms with van der Waals surface area (Å²) in [6, 6.07) is 18.4. The van der Waals surface area contributed by atoms with Crippen molar-refractivity contribution < 1.29 is 0 Å². The first-order chi connectivity index (χ1) is 15.9. The van der Waals surface area contributed by atoms with Crippen LogP contribution >= 0.6 is 23.6 Å². The van der Waals surface area contributed by atoms with Gasteiger partial charge in [0.1, 0.15) is 0 Å². The van der Waals surface area contributed by atoms with Crippen molar-refractivity contribution in [2.24, 2.45) is 0 Å². The SMILES string of the molecule is CN(C)c1ccc2c(-c3ccc(C(=S)N4CCCCC4)s3)c3ccc(=[N+](C)C)cc-3[se]c2c1. The van der Waals surface area contributed by atoms with E-state index in [9.17, 15) is 0 Å². The normalized spacial score (nSPS) is 14.1. The molecule has 1 aromatic heterocycles. The summed E-state index contributed by atoms with van der Waals surface area (Å²) in [6.07, 6.45) is 3.83.